The quantitative estimate of drug-likeness (QED) is 0.154. The van der Waals surface area contributed by atoms with E-state index >= 15 is 0 Å². The van der Waals surface area contributed by atoms with Crippen molar-refractivity contribution in [3.05, 3.63) is 35.5 Å². The number of hydrogen-bond donors (Lipinski definition) is 2. The molecule has 0 aliphatic heterocycles. The molecule has 10 nitrogen and oxygen atoms in total. The van der Waals surface area contributed by atoms with Gasteiger partial charge in [0.15, 0.2) is 9.84 Å². The molecule has 0 saturated carbocycles. The summed E-state index contributed by atoms with van der Waals surface area (Å²) in [5.74, 6) is -1.27. The molecule has 0 spiro atoms. The van der Waals surface area contributed by atoms with E-state index < -0.39 is 36.3 Å². The Balaban J connectivity index is 1.77. The average molecular weight is 654 g/mol. The molecule has 43 heavy (non-hydrogen) atoms. The van der Waals surface area contributed by atoms with Crippen LogP contribution in [0.15, 0.2) is 30.5 Å². The summed E-state index contributed by atoms with van der Waals surface area (Å²) in [6.45, 7) is 1.93. The molecule has 3 rings (SSSR count). The summed E-state index contributed by atoms with van der Waals surface area (Å²) in [6.07, 6.45) is 16.2. The molecule has 13 heteroatoms. The van der Waals surface area contributed by atoms with Crippen LogP contribution < -0.4 is 10.5 Å². The van der Waals surface area contributed by atoms with Crippen molar-refractivity contribution < 1.29 is 21.6 Å². The summed E-state index contributed by atoms with van der Waals surface area (Å²) < 4.78 is 50.6. The molecule has 240 valence electrons. The molecule has 0 bridgehead atoms. The third kappa shape index (κ3) is 9.82. The predicted molar refractivity (Wildman–Crippen MR) is 175 cm³/mol. The summed E-state index contributed by atoms with van der Waals surface area (Å²) in [7, 11) is -6.03. The van der Waals surface area contributed by atoms with Gasteiger partial charge in [-0.3, -0.25) is 9.48 Å². The fourth-order valence-corrected chi connectivity index (χ4v) is 8.72. The Kier molecular flexibility index (Phi) is 13.2. The molecule has 0 fully saturated rings. The zero-order valence-electron chi connectivity index (χ0n) is 25.7. The highest BCUT2D eigenvalue weighted by atomic mass is 32.2. The number of rotatable bonds is 20. The van der Waals surface area contributed by atoms with Gasteiger partial charge in [0.05, 0.1) is 21.7 Å². The number of thiazole rings is 1. The number of sulfone groups is 1. The van der Waals surface area contributed by atoms with Gasteiger partial charge in [-0.2, -0.15) is 5.10 Å². The van der Waals surface area contributed by atoms with Crippen LogP contribution in [0.1, 0.15) is 95.4 Å². The lowest BCUT2D eigenvalue weighted by atomic mass is 9.98. The van der Waals surface area contributed by atoms with Crippen molar-refractivity contribution in [1.82, 2.24) is 20.1 Å². The SMILES string of the molecule is CCCCCCCCCCCCCCC(C(=O)NCCS(N)(=O)=O)(c1nc2cc(-c3ccnn3C)ccc2s1)S(C)(=O)=O. The summed E-state index contributed by atoms with van der Waals surface area (Å²) in [6, 6.07) is 7.53. The van der Waals surface area contributed by atoms with Crippen LogP contribution in [0.2, 0.25) is 0 Å². The summed E-state index contributed by atoms with van der Waals surface area (Å²) >= 11 is 1.18. The minimum Gasteiger partial charge on any atom is -0.353 e. The summed E-state index contributed by atoms with van der Waals surface area (Å²) in [4.78, 5) is 18.4. The van der Waals surface area contributed by atoms with E-state index in [-0.39, 0.29) is 18.0 Å². The number of nitrogens with one attached hydrogen (secondary N) is 1. The molecule has 1 atom stereocenters. The Bertz CT molecular complexity index is 1550. The van der Waals surface area contributed by atoms with Crippen molar-refractivity contribution in [3.8, 4) is 11.3 Å². The first-order valence-electron chi connectivity index (χ1n) is 15.3. The average Bonchev–Trinajstić information content (AvgIpc) is 3.55. The normalized spacial score (nSPS) is 13.8. The highest BCUT2D eigenvalue weighted by Gasteiger charge is 2.51. The predicted octanol–water partition coefficient (Wildman–Crippen LogP) is 5.43. The zero-order chi connectivity index (χ0) is 31.5. The van der Waals surface area contributed by atoms with Crippen LogP contribution >= 0.6 is 11.3 Å². The lowest BCUT2D eigenvalue weighted by molar-refractivity contribution is -0.124. The maximum absolute atomic E-state index is 13.7. The molecular weight excluding hydrogens is 607 g/mol. The number of nitrogens with two attached hydrogens (primary N) is 1. The smallest absolute Gasteiger partial charge is 0.248 e. The van der Waals surface area contributed by atoms with Gasteiger partial charge >= 0.3 is 0 Å². The number of nitrogens with zero attached hydrogens (tertiary/aromatic N) is 3. The fourth-order valence-electron chi connectivity index (χ4n) is 5.41. The van der Waals surface area contributed by atoms with Crippen molar-refractivity contribution in [2.45, 2.75) is 95.1 Å². The van der Waals surface area contributed by atoms with E-state index in [1.54, 1.807) is 10.9 Å². The first-order chi connectivity index (χ1) is 20.4. The number of primary sulfonamides is 1. The Labute approximate surface area is 260 Å². The third-order valence-corrected chi connectivity index (χ3v) is 11.9. The van der Waals surface area contributed by atoms with Gasteiger partial charge < -0.3 is 5.32 Å². The molecule has 1 unspecified atom stereocenters. The zero-order valence-corrected chi connectivity index (χ0v) is 28.1. The lowest BCUT2D eigenvalue weighted by Crippen LogP contribution is -2.50. The van der Waals surface area contributed by atoms with Gasteiger partial charge in [0.2, 0.25) is 20.7 Å². The molecule has 0 radical (unpaired) electrons. The highest BCUT2D eigenvalue weighted by molar-refractivity contribution is 7.92. The van der Waals surface area contributed by atoms with Gasteiger partial charge in [-0.1, -0.05) is 90.0 Å². The van der Waals surface area contributed by atoms with Crippen LogP contribution in [-0.2, 0) is 36.4 Å². The van der Waals surface area contributed by atoms with E-state index in [1.807, 2.05) is 31.3 Å². The van der Waals surface area contributed by atoms with Gasteiger partial charge in [0.1, 0.15) is 5.01 Å². The molecular formula is C30H47N5O5S3. The van der Waals surface area contributed by atoms with E-state index in [0.29, 0.717) is 11.9 Å². The van der Waals surface area contributed by atoms with Gasteiger partial charge in [0, 0.05) is 31.6 Å². The minimum atomic E-state index is -4.03. The number of benzene rings is 1. The van der Waals surface area contributed by atoms with Crippen LogP contribution in [-0.4, -0.2) is 56.1 Å². The van der Waals surface area contributed by atoms with Crippen LogP contribution in [0.5, 0.6) is 0 Å². The maximum Gasteiger partial charge on any atom is 0.248 e. The molecule has 3 aromatic rings. The number of sulfonamides is 1. The second kappa shape index (κ2) is 16.1. The van der Waals surface area contributed by atoms with Gasteiger partial charge in [-0.15, -0.1) is 11.3 Å². The number of aryl methyl sites for hydroxylation is 1. The number of fused-ring (bicyclic) bond motifs is 1. The molecule has 3 N–H and O–H groups in total. The van der Waals surface area contributed by atoms with Crippen LogP contribution in [0.3, 0.4) is 0 Å². The number of carbonyl (C=O) groups is 1. The largest absolute Gasteiger partial charge is 0.353 e. The Morgan fingerprint density at radius 2 is 1.56 bits per heavy atom. The number of amides is 1. The Hall–Kier alpha value is -2.35. The molecule has 1 aromatic carbocycles. The second-order valence-corrected chi connectivity index (χ2v) is 16.4. The van der Waals surface area contributed by atoms with Crippen molar-refractivity contribution in [2.75, 3.05) is 18.6 Å². The van der Waals surface area contributed by atoms with E-state index in [9.17, 15) is 21.6 Å². The van der Waals surface area contributed by atoms with Crippen molar-refractivity contribution >= 4 is 47.3 Å². The van der Waals surface area contributed by atoms with Gasteiger partial charge in [-0.25, -0.2) is 27.0 Å². The van der Waals surface area contributed by atoms with Gasteiger partial charge in [0.25, 0.3) is 0 Å². The number of aromatic nitrogens is 3. The molecule has 0 saturated heterocycles. The first-order valence-corrected chi connectivity index (χ1v) is 19.7. The Morgan fingerprint density at radius 3 is 2.09 bits per heavy atom. The van der Waals surface area contributed by atoms with Gasteiger partial charge in [-0.05, 0) is 24.6 Å². The highest BCUT2D eigenvalue weighted by Crippen LogP contribution is 2.41. The Morgan fingerprint density at radius 1 is 0.953 bits per heavy atom. The summed E-state index contributed by atoms with van der Waals surface area (Å²) in [5.41, 5.74) is 2.33. The van der Waals surface area contributed by atoms with E-state index in [0.717, 1.165) is 47.9 Å². The molecule has 0 aliphatic rings. The van der Waals surface area contributed by atoms with Crippen LogP contribution in [0.25, 0.3) is 21.5 Å². The van der Waals surface area contributed by atoms with E-state index in [4.69, 9.17) is 10.1 Å². The monoisotopic (exact) mass is 653 g/mol. The number of hydrogen-bond acceptors (Lipinski definition) is 8. The topological polar surface area (TPSA) is 154 Å². The molecule has 0 aliphatic carbocycles. The van der Waals surface area contributed by atoms with Crippen LogP contribution in [0.4, 0.5) is 0 Å². The molecule has 1 amide bonds. The third-order valence-electron chi connectivity index (χ3n) is 7.90. The van der Waals surface area contributed by atoms with Crippen LogP contribution in [0, 0.1) is 0 Å². The lowest BCUT2D eigenvalue weighted by Gasteiger charge is -2.29. The van der Waals surface area contributed by atoms with E-state index in [2.05, 4.69) is 17.3 Å². The second-order valence-electron chi connectivity index (χ2n) is 11.4. The fraction of sp³-hybridized carbons (Fsp3) is 0.633. The van der Waals surface area contributed by atoms with E-state index in [1.165, 1.54) is 56.3 Å². The minimum absolute atomic E-state index is 0.0544. The number of unbranched alkanes of at least 4 members (excludes halogenated alkanes) is 11. The first kappa shape index (κ1) is 35.1. The summed E-state index contributed by atoms with van der Waals surface area (Å²) in [5, 5.41) is 12.1. The van der Waals surface area contributed by atoms with Crippen molar-refractivity contribution in [1.29, 1.82) is 0 Å². The molecule has 2 heterocycles. The number of carbonyl (C=O) groups excluding carboxylic acids is 1. The maximum atomic E-state index is 13.7. The standard InChI is InChI=1S/C30H47N5O5S3/c1-4-5-6-7-8-9-10-11-12-13-14-15-19-30(42(3,37)38,28(36)32-21-22-43(31,39)40)29-34-25-23-24(16-17-27(25)41-29)26-18-20-33-35(26)2/h16-18,20,23H,4-15,19,21-22H2,1-3H3,(H,32,36)(H2,31,39,40). The van der Waals surface area contributed by atoms with Crippen molar-refractivity contribution in [2.24, 2.45) is 12.2 Å². The van der Waals surface area contributed by atoms with Crippen molar-refractivity contribution in [3.63, 3.8) is 0 Å². The molecule has 2 aromatic heterocycles.